The Labute approximate surface area is 193 Å². The Morgan fingerprint density at radius 2 is 1.82 bits per heavy atom. The molecule has 168 valence electrons. The fraction of sp³-hybridized carbons (Fsp3) is 0.120. The van der Waals surface area contributed by atoms with Crippen LogP contribution in [0.3, 0.4) is 0 Å². The van der Waals surface area contributed by atoms with E-state index in [4.69, 9.17) is 9.47 Å². The van der Waals surface area contributed by atoms with Gasteiger partial charge in [0.05, 0.1) is 7.11 Å². The highest BCUT2D eigenvalue weighted by Gasteiger charge is 2.15. The summed E-state index contributed by atoms with van der Waals surface area (Å²) < 4.78 is 38.0. The number of halogens is 2. The third kappa shape index (κ3) is 5.35. The van der Waals surface area contributed by atoms with Crippen molar-refractivity contribution < 1.29 is 23.0 Å². The molecule has 3 aromatic carbocycles. The lowest BCUT2D eigenvalue weighted by atomic mass is 10.2. The molecule has 0 aliphatic carbocycles. The number of hydrogen-bond acceptors (Lipinski definition) is 5. The number of carbonyl (C=O) groups is 1. The molecule has 0 unspecified atom stereocenters. The van der Waals surface area contributed by atoms with Crippen LogP contribution in [0.1, 0.15) is 21.6 Å². The van der Waals surface area contributed by atoms with Crippen molar-refractivity contribution in [2.24, 2.45) is 0 Å². The number of hydrogen-bond donors (Lipinski definition) is 1. The Hall–Kier alpha value is -3.78. The number of amides is 1. The third-order valence-electron chi connectivity index (χ3n) is 4.86. The molecule has 1 N–H and O–H groups in total. The summed E-state index contributed by atoms with van der Waals surface area (Å²) in [7, 11) is 1.49. The molecule has 1 heterocycles. The Bertz CT molecular complexity index is 1290. The average Bonchev–Trinajstić information content (AvgIpc) is 3.30. The molecule has 4 rings (SSSR count). The van der Waals surface area contributed by atoms with E-state index in [1.807, 2.05) is 31.2 Å². The summed E-state index contributed by atoms with van der Waals surface area (Å²) in [6.45, 7) is 1.90. The minimum Gasteiger partial charge on any atom is -0.493 e. The van der Waals surface area contributed by atoms with E-state index < -0.39 is 11.6 Å². The second-order valence-electron chi connectivity index (χ2n) is 7.25. The first kappa shape index (κ1) is 22.4. The van der Waals surface area contributed by atoms with Crippen LogP contribution in [0.5, 0.6) is 11.5 Å². The highest BCUT2D eigenvalue weighted by Crippen LogP contribution is 2.34. The van der Waals surface area contributed by atoms with E-state index in [-0.39, 0.29) is 18.1 Å². The zero-order valence-corrected chi connectivity index (χ0v) is 18.7. The first-order valence-corrected chi connectivity index (χ1v) is 10.9. The summed E-state index contributed by atoms with van der Waals surface area (Å²) in [6, 6.07) is 16.0. The Kier molecular flexibility index (Phi) is 6.65. The van der Waals surface area contributed by atoms with Crippen molar-refractivity contribution in [2.45, 2.75) is 13.5 Å². The summed E-state index contributed by atoms with van der Waals surface area (Å²) in [4.78, 5) is 17.0. The van der Waals surface area contributed by atoms with Crippen molar-refractivity contribution in [1.29, 1.82) is 0 Å². The molecule has 1 amide bonds. The molecule has 5 nitrogen and oxygen atoms in total. The molecular weight excluding hydrogens is 446 g/mol. The van der Waals surface area contributed by atoms with Crippen molar-refractivity contribution in [3.8, 4) is 22.1 Å². The molecular formula is C25H20F2N2O3S. The van der Waals surface area contributed by atoms with Gasteiger partial charge in [-0.3, -0.25) is 4.79 Å². The zero-order chi connectivity index (χ0) is 23.4. The monoisotopic (exact) mass is 466 g/mol. The van der Waals surface area contributed by atoms with Gasteiger partial charge in [-0.05, 0) is 49.4 Å². The number of rotatable bonds is 7. The van der Waals surface area contributed by atoms with Gasteiger partial charge in [0.15, 0.2) is 11.5 Å². The largest absolute Gasteiger partial charge is 0.493 e. The average molecular weight is 467 g/mol. The van der Waals surface area contributed by atoms with Gasteiger partial charge in [0, 0.05) is 28.3 Å². The van der Waals surface area contributed by atoms with Gasteiger partial charge >= 0.3 is 0 Å². The smallest absolute Gasteiger partial charge is 0.275 e. The van der Waals surface area contributed by atoms with Crippen molar-refractivity contribution in [3.05, 3.63) is 94.5 Å². The molecule has 0 aliphatic heterocycles. The number of ether oxygens (including phenoxy) is 2. The van der Waals surface area contributed by atoms with Gasteiger partial charge in [-0.1, -0.05) is 17.7 Å². The molecule has 33 heavy (non-hydrogen) atoms. The molecule has 0 radical (unpaired) electrons. The van der Waals surface area contributed by atoms with Crippen LogP contribution in [0.4, 0.5) is 14.5 Å². The van der Waals surface area contributed by atoms with E-state index in [9.17, 15) is 13.6 Å². The quantitative estimate of drug-likeness (QED) is 0.350. The van der Waals surface area contributed by atoms with E-state index in [1.165, 1.54) is 30.6 Å². The van der Waals surface area contributed by atoms with Gasteiger partial charge < -0.3 is 14.8 Å². The van der Waals surface area contributed by atoms with Crippen molar-refractivity contribution in [3.63, 3.8) is 0 Å². The zero-order valence-electron chi connectivity index (χ0n) is 17.9. The first-order valence-electron chi connectivity index (χ1n) is 10.0. The fourth-order valence-electron chi connectivity index (χ4n) is 3.06. The maximum atomic E-state index is 13.9. The lowest BCUT2D eigenvalue weighted by molar-refractivity contribution is 0.102. The highest BCUT2D eigenvalue weighted by atomic mass is 32.1. The van der Waals surface area contributed by atoms with Gasteiger partial charge in [-0.25, -0.2) is 13.8 Å². The number of aromatic nitrogens is 1. The van der Waals surface area contributed by atoms with Gasteiger partial charge in [0.25, 0.3) is 5.91 Å². The van der Waals surface area contributed by atoms with Crippen molar-refractivity contribution in [2.75, 3.05) is 12.4 Å². The number of benzene rings is 3. The fourth-order valence-corrected chi connectivity index (χ4v) is 3.85. The minimum absolute atomic E-state index is 0.0810. The number of methoxy groups -OCH3 is 1. The van der Waals surface area contributed by atoms with Crippen LogP contribution in [-0.4, -0.2) is 18.0 Å². The number of anilines is 1. The second kappa shape index (κ2) is 9.79. The molecule has 0 spiro atoms. The van der Waals surface area contributed by atoms with Gasteiger partial charge in [0.1, 0.15) is 28.9 Å². The number of thiazole rings is 1. The molecule has 0 fully saturated rings. The number of nitrogens with zero attached hydrogens (tertiary/aromatic N) is 1. The van der Waals surface area contributed by atoms with Gasteiger partial charge in [-0.2, -0.15) is 0 Å². The Morgan fingerprint density at radius 3 is 2.55 bits per heavy atom. The topological polar surface area (TPSA) is 60.5 Å². The SMILES string of the molecule is COc1cc(-c2nc(C(=O)Nc3ccc(C)cc3)cs2)ccc1OCc1ccc(F)cc1F. The number of nitrogens with one attached hydrogen (secondary N) is 1. The number of carbonyl (C=O) groups excluding carboxylic acids is 1. The highest BCUT2D eigenvalue weighted by molar-refractivity contribution is 7.13. The normalized spacial score (nSPS) is 10.7. The Balaban J connectivity index is 1.47. The van der Waals surface area contributed by atoms with Crippen LogP contribution >= 0.6 is 11.3 Å². The minimum atomic E-state index is -0.676. The molecule has 0 saturated carbocycles. The van der Waals surface area contributed by atoms with Crippen LogP contribution in [0, 0.1) is 18.6 Å². The maximum absolute atomic E-state index is 13.9. The predicted molar refractivity (Wildman–Crippen MR) is 124 cm³/mol. The second-order valence-corrected chi connectivity index (χ2v) is 8.11. The molecule has 0 saturated heterocycles. The maximum Gasteiger partial charge on any atom is 0.275 e. The van der Waals surface area contributed by atoms with Crippen molar-refractivity contribution in [1.82, 2.24) is 4.98 Å². The van der Waals surface area contributed by atoms with Gasteiger partial charge in [0.2, 0.25) is 0 Å². The van der Waals surface area contributed by atoms with Crippen LogP contribution in [0.15, 0.2) is 66.0 Å². The van der Waals surface area contributed by atoms with Crippen LogP contribution in [0.25, 0.3) is 10.6 Å². The van der Waals surface area contributed by atoms with Gasteiger partial charge in [-0.15, -0.1) is 11.3 Å². The third-order valence-corrected chi connectivity index (χ3v) is 5.75. The van der Waals surface area contributed by atoms with E-state index in [2.05, 4.69) is 10.3 Å². The lowest BCUT2D eigenvalue weighted by Gasteiger charge is -2.12. The van der Waals surface area contributed by atoms with E-state index in [0.29, 0.717) is 27.9 Å². The lowest BCUT2D eigenvalue weighted by Crippen LogP contribution is -2.12. The van der Waals surface area contributed by atoms with E-state index in [1.54, 1.807) is 23.6 Å². The first-order chi connectivity index (χ1) is 15.9. The summed E-state index contributed by atoms with van der Waals surface area (Å²) in [5.41, 5.74) is 3.08. The summed E-state index contributed by atoms with van der Waals surface area (Å²) in [6.07, 6.45) is 0. The standard InChI is InChI=1S/C25H20F2N2O3S/c1-15-3-8-19(9-4-15)28-24(30)21-14-33-25(29-21)16-6-10-22(23(11-16)31-2)32-13-17-5-7-18(26)12-20(17)27/h3-12,14H,13H2,1-2H3,(H,28,30). The summed E-state index contributed by atoms with van der Waals surface area (Å²) in [5, 5.41) is 5.15. The van der Waals surface area contributed by atoms with Crippen LogP contribution in [-0.2, 0) is 6.61 Å². The summed E-state index contributed by atoms with van der Waals surface area (Å²) in [5.74, 6) is -0.789. The molecule has 4 aromatic rings. The van der Waals surface area contributed by atoms with Crippen molar-refractivity contribution >= 4 is 22.9 Å². The Morgan fingerprint density at radius 1 is 1.03 bits per heavy atom. The predicted octanol–water partition coefficient (Wildman–Crippen LogP) is 6.24. The molecule has 8 heteroatoms. The van der Waals surface area contributed by atoms with E-state index >= 15 is 0 Å². The molecule has 0 bridgehead atoms. The molecule has 0 atom stereocenters. The molecule has 1 aromatic heterocycles. The molecule has 0 aliphatic rings. The summed E-state index contributed by atoms with van der Waals surface area (Å²) >= 11 is 1.33. The van der Waals surface area contributed by atoms with Crippen LogP contribution in [0.2, 0.25) is 0 Å². The van der Waals surface area contributed by atoms with Crippen LogP contribution < -0.4 is 14.8 Å². The number of aryl methyl sites for hydroxylation is 1. The van der Waals surface area contributed by atoms with E-state index in [0.717, 1.165) is 17.2 Å².